The summed E-state index contributed by atoms with van der Waals surface area (Å²) in [6.45, 7) is 16.0. The Balaban J connectivity index is 2.60. The van der Waals surface area contributed by atoms with Crippen molar-refractivity contribution in [1.82, 2.24) is 5.32 Å². The molecule has 0 aliphatic heterocycles. The summed E-state index contributed by atoms with van der Waals surface area (Å²) in [5, 5.41) is 3.55. The highest BCUT2D eigenvalue weighted by molar-refractivity contribution is 5.50. The fourth-order valence-electron chi connectivity index (χ4n) is 2.16. The smallest absolute Gasteiger partial charge is 0.121 e. The minimum absolute atomic E-state index is 0.155. The van der Waals surface area contributed by atoms with Crippen LogP contribution in [0.5, 0.6) is 5.75 Å². The quantitative estimate of drug-likeness (QED) is 0.742. The van der Waals surface area contributed by atoms with Crippen molar-refractivity contribution in [2.24, 2.45) is 0 Å². The fourth-order valence-corrected chi connectivity index (χ4v) is 2.16. The molecule has 0 fully saturated rings. The molecule has 0 amide bonds. The summed E-state index contributed by atoms with van der Waals surface area (Å²) < 4.78 is 6.04. The van der Waals surface area contributed by atoms with Gasteiger partial charge < -0.3 is 15.0 Å². The minimum atomic E-state index is 0.155. The van der Waals surface area contributed by atoms with Gasteiger partial charge in [0.25, 0.3) is 0 Å². The third-order valence-electron chi connectivity index (χ3n) is 4.04. The molecule has 21 heavy (non-hydrogen) atoms. The molecule has 0 aliphatic carbocycles. The van der Waals surface area contributed by atoms with E-state index < -0.39 is 0 Å². The number of hydrogen-bond donors (Lipinski definition) is 1. The van der Waals surface area contributed by atoms with Gasteiger partial charge in [0.05, 0.1) is 0 Å². The second kappa shape index (κ2) is 8.28. The Morgan fingerprint density at radius 3 is 2.43 bits per heavy atom. The first-order chi connectivity index (χ1) is 9.91. The van der Waals surface area contributed by atoms with Crippen molar-refractivity contribution < 1.29 is 4.74 Å². The summed E-state index contributed by atoms with van der Waals surface area (Å²) in [6, 6.07) is 8.38. The minimum Gasteiger partial charge on any atom is -0.489 e. The van der Waals surface area contributed by atoms with Crippen molar-refractivity contribution in [2.75, 3.05) is 24.5 Å². The van der Waals surface area contributed by atoms with E-state index in [-0.39, 0.29) is 11.6 Å². The van der Waals surface area contributed by atoms with E-state index in [1.54, 1.807) is 0 Å². The van der Waals surface area contributed by atoms with Gasteiger partial charge in [0.2, 0.25) is 0 Å². The molecule has 0 saturated heterocycles. The first-order valence-corrected chi connectivity index (χ1v) is 8.18. The normalized spacial score (nSPS) is 13.0. The van der Waals surface area contributed by atoms with Crippen LogP contribution >= 0.6 is 0 Å². The standard InChI is InChI=1S/C18H32N2O/c1-7-18(5,6)19-14-15(4)21-17-12-10-11-16(13-17)20(8-2)9-3/h10-13,15,19H,7-9,14H2,1-6H3. The van der Waals surface area contributed by atoms with Crippen LogP contribution in [0, 0.1) is 0 Å². The van der Waals surface area contributed by atoms with Gasteiger partial charge in [0, 0.05) is 36.9 Å². The van der Waals surface area contributed by atoms with Gasteiger partial charge in [-0.1, -0.05) is 13.0 Å². The van der Waals surface area contributed by atoms with Gasteiger partial charge in [-0.2, -0.15) is 0 Å². The highest BCUT2D eigenvalue weighted by atomic mass is 16.5. The monoisotopic (exact) mass is 292 g/mol. The van der Waals surface area contributed by atoms with E-state index in [2.05, 4.69) is 70.0 Å². The lowest BCUT2D eigenvalue weighted by molar-refractivity contribution is 0.199. The van der Waals surface area contributed by atoms with Crippen molar-refractivity contribution in [3.8, 4) is 5.75 Å². The summed E-state index contributed by atoms with van der Waals surface area (Å²) >= 11 is 0. The number of anilines is 1. The third kappa shape index (κ3) is 5.96. The first kappa shape index (κ1) is 17.8. The first-order valence-electron chi connectivity index (χ1n) is 8.18. The van der Waals surface area contributed by atoms with Crippen LogP contribution in [0.4, 0.5) is 5.69 Å². The Kier molecular flexibility index (Phi) is 7.03. The number of benzene rings is 1. The van der Waals surface area contributed by atoms with E-state index in [0.29, 0.717) is 0 Å². The lowest BCUT2D eigenvalue weighted by Gasteiger charge is -2.27. The third-order valence-corrected chi connectivity index (χ3v) is 4.04. The highest BCUT2D eigenvalue weighted by Gasteiger charge is 2.15. The maximum atomic E-state index is 6.04. The summed E-state index contributed by atoms with van der Waals surface area (Å²) in [7, 11) is 0. The van der Waals surface area contributed by atoms with Crippen LogP contribution in [0.1, 0.15) is 48.0 Å². The highest BCUT2D eigenvalue weighted by Crippen LogP contribution is 2.22. The van der Waals surface area contributed by atoms with Crippen LogP contribution in [0.2, 0.25) is 0 Å². The molecule has 0 radical (unpaired) electrons. The van der Waals surface area contributed by atoms with E-state index in [1.807, 2.05) is 6.07 Å². The molecule has 0 saturated carbocycles. The Morgan fingerprint density at radius 1 is 1.19 bits per heavy atom. The van der Waals surface area contributed by atoms with E-state index >= 15 is 0 Å². The number of rotatable bonds is 9. The van der Waals surface area contributed by atoms with Crippen LogP contribution in [-0.4, -0.2) is 31.3 Å². The van der Waals surface area contributed by atoms with Gasteiger partial charge in [-0.05, 0) is 53.2 Å². The molecule has 1 unspecified atom stereocenters. The van der Waals surface area contributed by atoms with Crippen LogP contribution in [0.25, 0.3) is 0 Å². The molecule has 1 rings (SSSR count). The van der Waals surface area contributed by atoms with Gasteiger partial charge >= 0.3 is 0 Å². The maximum Gasteiger partial charge on any atom is 0.121 e. The SMILES string of the molecule is CCN(CC)c1cccc(OC(C)CNC(C)(C)CC)c1. The average molecular weight is 292 g/mol. The van der Waals surface area contributed by atoms with Gasteiger partial charge in [0.1, 0.15) is 11.9 Å². The summed E-state index contributed by atoms with van der Waals surface area (Å²) in [5.74, 6) is 0.947. The van der Waals surface area contributed by atoms with Gasteiger partial charge in [-0.15, -0.1) is 0 Å². The molecule has 1 aromatic carbocycles. The van der Waals surface area contributed by atoms with Crippen LogP contribution < -0.4 is 15.0 Å². The predicted molar refractivity (Wildman–Crippen MR) is 92.5 cm³/mol. The molecule has 0 heterocycles. The lowest BCUT2D eigenvalue weighted by Crippen LogP contribution is -2.43. The van der Waals surface area contributed by atoms with Crippen molar-refractivity contribution in [3.05, 3.63) is 24.3 Å². The van der Waals surface area contributed by atoms with Crippen LogP contribution in [-0.2, 0) is 0 Å². The topological polar surface area (TPSA) is 24.5 Å². The number of ether oxygens (including phenoxy) is 1. The molecule has 3 nitrogen and oxygen atoms in total. The summed E-state index contributed by atoms with van der Waals surface area (Å²) in [4.78, 5) is 2.33. The molecule has 120 valence electrons. The molecule has 1 N–H and O–H groups in total. The molecule has 1 aromatic rings. The van der Waals surface area contributed by atoms with Crippen molar-refractivity contribution in [3.63, 3.8) is 0 Å². The van der Waals surface area contributed by atoms with Crippen LogP contribution in [0.3, 0.4) is 0 Å². The van der Waals surface area contributed by atoms with E-state index in [0.717, 1.165) is 31.8 Å². The van der Waals surface area contributed by atoms with Gasteiger partial charge in [-0.3, -0.25) is 0 Å². The van der Waals surface area contributed by atoms with E-state index in [1.165, 1.54) is 5.69 Å². The average Bonchev–Trinajstić information content (AvgIpc) is 2.47. The summed E-state index contributed by atoms with van der Waals surface area (Å²) in [5.41, 5.74) is 1.40. The second-order valence-corrected chi connectivity index (χ2v) is 6.22. The Labute approximate surface area is 130 Å². The molecule has 3 heteroatoms. The Bertz CT molecular complexity index is 413. The second-order valence-electron chi connectivity index (χ2n) is 6.22. The predicted octanol–water partition coefficient (Wildman–Crippen LogP) is 4.08. The van der Waals surface area contributed by atoms with Crippen molar-refractivity contribution in [2.45, 2.75) is 59.6 Å². The number of nitrogens with zero attached hydrogens (tertiary/aromatic N) is 1. The largest absolute Gasteiger partial charge is 0.489 e. The molecule has 0 aromatic heterocycles. The Morgan fingerprint density at radius 2 is 1.86 bits per heavy atom. The van der Waals surface area contributed by atoms with Crippen molar-refractivity contribution >= 4 is 5.69 Å². The molecule has 0 bridgehead atoms. The number of nitrogens with one attached hydrogen (secondary N) is 1. The number of hydrogen-bond acceptors (Lipinski definition) is 3. The van der Waals surface area contributed by atoms with Crippen LogP contribution in [0.15, 0.2) is 24.3 Å². The fraction of sp³-hybridized carbons (Fsp3) is 0.667. The van der Waals surface area contributed by atoms with Gasteiger partial charge in [-0.25, -0.2) is 0 Å². The molecule has 0 aliphatic rings. The Hall–Kier alpha value is -1.22. The molecular weight excluding hydrogens is 260 g/mol. The molecular formula is C18H32N2O. The summed E-state index contributed by atoms with van der Waals surface area (Å²) in [6.07, 6.45) is 1.26. The van der Waals surface area contributed by atoms with Gasteiger partial charge in [0.15, 0.2) is 0 Å². The molecule has 0 spiro atoms. The van der Waals surface area contributed by atoms with Crippen molar-refractivity contribution in [1.29, 1.82) is 0 Å². The van der Waals surface area contributed by atoms with E-state index in [9.17, 15) is 0 Å². The zero-order chi connectivity index (χ0) is 15.9. The molecule has 1 atom stereocenters. The maximum absolute atomic E-state index is 6.04. The zero-order valence-corrected chi connectivity index (χ0v) is 14.6. The lowest BCUT2D eigenvalue weighted by atomic mass is 10.0. The zero-order valence-electron chi connectivity index (χ0n) is 14.6. The van der Waals surface area contributed by atoms with E-state index in [4.69, 9.17) is 4.74 Å².